The van der Waals surface area contributed by atoms with Crippen molar-refractivity contribution in [1.82, 2.24) is 5.32 Å². The van der Waals surface area contributed by atoms with Crippen LogP contribution in [0.2, 0.25) is 0 Å². The third kappa shape index (κ3) is 4.23. The Kier molecular flexibility index (Phi) is 5.98. The summed E-state index contributed by atoms with van der Waals surface area (Å²) in [4.78, 5) is 12.7. The predicted octanol–water partition coefficient (Wildman–Crippen LogP) is 5.21. The van der Waals surface area contributed by atoms with Crippen LogP contribution in [-0.2, 0) is 0 Å². The number of nitrogens with one attached hydrogen (secondary N) is 2. The molecule has 0 aromatic heterocycles. The summed E-state index contributed by atoms with van der Waals surface area (Å²) < 4.78 is 6.64. The number of benzene rings is 3. The first-order valence-electron chi connectivity index (χ1n) is 7.76. The van der Waals surface area contributed by atoms with Crippen molar-refractivity contribution in [3.05, 3.63) is 63.0 Å². The summed E-state index contributed by atoms with van der Waals surface area (Å²) in [5.41, 5.74) is 0.742. The van der Waals surface area contributed by atoms with E-state index < -0.39 is 5.91 Å². The highest BCUT2D eigenvalue weighted by Crippen LogP contribution is 2.33. The number of thiocarbonyl (C=S) groups is 1. The van der Waals surface area contributed by atoms with E-state index in [1.807, 2.05) is 24.3 Å². The first-order valence-corrected chi connectivity index (χ1v) is 9.76. The minimum absolute atomic E-state index is 0.0353. The topological polar surface area (TPSA) is 70.6 Å². The Morgan fingerprint density at radius 1 is 1.15 bits per heavy atom. The Labute approximate surface area is 178 Å². The highest BCUT2D eigenvalue weighted by Gasteiger charge is 2.18. The molecule has 3 rings (SSSR count). The molecule has 138 valence electrons. The SMILES string of the molecule is COc1c(Br)cc(Br)cc1C(=O)NC(=S)Nc1c(O)ccc2ccccc12. The lowest BCUT2D eigenvalue weighted by molar-refractivity contribution is 0.0974. The average Bonchev–Trinajstić information content (AvgIpc) is 2.63. The minimum Gasteiger partial charge on any atom is -0.506 e. The average molecular weight is 510 g/mol. The number of amides is 1. The molecule has 0 spiro atoms. The van der Waals surface area contributed by atoms with Crippen LogP contribution in [0.15, 0.2) is 57.5 Å². The summed E-state index contributed by atoms with van der Waals surface area (Å²) >= 11 is 12.0. The number of carbonyl (C=O) groups is 1. The first-order chi connectivity index (χ1) is 12.9. The number of aromatic hydroxyl groups is 1. The van der Waals surface area contributed by atoms with Gasteiger partial charge < -0.3 is 15.2 Å². The first kappa shape index (κ1) is 19.6. The molecule has 0 fully saturated rings. The maximum Gasteiger partial charge on any atom is 0.261 e. The number of phenolic OH excluding ortho intramolecular Hbond substituents is 1. The smallest absolute Gasteiger partial charge is 0.261 e. The third-order valence-corrected chi connectivity index (χ3v) is 5.08. The van der Waals surface area contributed by atoms with Crippen molar-refractivity contribution in [2.24, 2.45) is 0 Å². The number of phenols is 1. The van der Waals surface area contributed by atoms with Gasteiger partial charge >= 0.3 is 0 Å². The van der Waals surface area contributed by atoms with Gasteiger partial charge in [0.1, 0.15) is 11.5 Å². The second kappa shape index (κ2) is 8.24. The number of anilines is 1. The Bertz CT molecular complexity index is 1060. The molecule has 27 heavy (non-hydrogen) atoms. The summed E-state index contributed by atoms with van der Waals surface area (Å²) in [6, 6.07) is 14.3. The summed E-state index contributed by atoms with van der Waals surface area (Å²) in [6.45, 7) is 0. The van der Waals surface area contributed by atoms with Crippen molar-refractivity contribution >= 4 is 71.6 Å². The van der Waals surface area contributed by atoms with E-state index in [-0.39, 0.29) is 10.9 Å². The van der Waals surface area contributed by atoms with Gasteiger partial charge in [-0.05, 0) is 51.7 Å². The lowest BCUT2D eigenvalue weighted by Gasteiger charge is -2.15. The molecule has 3 aromatic carbocycles. The van der Waals surface area contributed by atoms with E-state index in [1.54, 1.807) is 24.3 Å². The van der Waals surface area contributed by atoms with Crippen LogP contribution in [0.3, 0.4) is 0 Å². The Morgan fingerprint density at radius 2 is 1.89 bits per heavy atom. The maximum absolute atomic E-state index is 12.7. The van der Waals surface area contributed by atoms with Gasteiger partial charge in [-0.1, -0.05) is 46.3 Å². The van der Waals surface area contributed by atoms with E-state index in [2.05, 4.69) is 42.5 Å². The van der Waals surface area contributed by atoms with Crippen molar-refractivity contribution in [3.8, 4) is 11.5 Å². The zero-order chi connectivity index (χ0) is 19.6. The quantitative estimate of drug-likeness (QED) is 0.334. The normalized spacial score (nSPS) is 10.5. The lowest BCUT2D eigenvalue weighted by Crippen LogP contribution is -2.34. The molecule has 0 aliphatic rings. The minimum atomic E-state index is -0.439. The molecule has 0 saturated heterocycles. The van der Waals surface area contributed by atoms with Gasteiger partial charge in [0.05, 0.1) is 22.8 Å². The molecular formula is C19H14Br2N2O3S. The molecule has 3 N–H and O–H groups in total. The number of ether oxygens (including phenoxy) is 1. The van der Waals surface area contributed by atoms with Crippen molar-refractivity contribution in [2.45, 2.75) is 0 Å². The fourth-order valence-electron chi connectivity index (χ4n) is 2.64. The fraction of sp³-hybridized carbons (Fsp3) is 0.0526. The van der Waals surface area contributed by atoms with Crippen LogP contribution < -0.4 is 15.4 Å². The molecular weight excluding hydrogens is 496 g/mol. The molecule has 0 saturated carbocycles. The van der Waals surface area contributed by atoms with E-state index >= 15 is 0 Å². The van der Waals surface area contributed by atoms with Gasteiger partial charge in [0.15, 0.2) is 5.11 Å². The zero-order valence-electron chi connectivity index (χ0n) is 14.0. The standard InChI is InChI=1S/C19H14Br2N2O3S/c1-26-17-13(8-11(20)9-14(17)21)18(25)23-19(27)22-16-12-5-3-2-4-10(12)6-7-15(16)24/h2-9,24H,1H3,(H2,22,23,25,27). The summed E-state index contributed by atoms with van der Waals surface area (Å²) in [7, 11) is 1.48. The number of halogens is 2. The Hall–Kier alpha value is -2.16. The number of hydrogen-bond acceptors (Lipinski definition) is 4. The summed E-state index contributed by atoms with van der Waals surface area (Å²) in [6.07, 6.45) is 0. The number of carbonyl (C=O) groups excluding carboxylic acids is 1. The highest BCUT2D eigenvalue weighted by molar-refractivity contribution is 9.11. The molecule has 3 aromatic rings. The van der Waals surface area contributed by atoms with Gasteiger partial charge in [-0.15, -0.1) is 0 Å². The molecule has 5 nitrogen and oxygen atoms in total. The molecule has 1 amide bonds. The molecule has 0 bridgehead atoms. The maximum atomic E-state index is 12.7. The van der Waals surface area contributed by atoms with Crippen molar-refractivity contribution in [2.75, 3.05) is 12.4 Å². The molecule has 0 aliphatic heterocycles. The van der Waals surface area contributed by atoms with Crippen LogP contribution in [0.1, 0.15) is 10.4 Å². The Morgan fingerprint density at radius 3 is 2.63 bits per heavy atom. The van der Waals surface area contributed by atoms with Gasteiger partial charge in [-0.2, -0.15) is 0 Å². The van der Waals surface area contributed by atoms with Gasteiger partial charge in [-0.3, -0.25) is 10.1 Å². The molecule has 0 unspecified atom stereocenters. The second-order valence-electron chi connectivity index (χ2n) is 5.56. The highest BCUT2D eigenvalue weighted by atomic mass is 79.9. The van der Waals surface area contributed by atoms with Crippen LogP contribution in [-0.4, -0.2) is 23.2 Å². The van der Waals surface area contributed by atoms with E-state index in [4.69, 9.17) is 17.0 Å². The lowest BCUT2D eigenvalue weighted by atomic mass is 10.1. The van der Waals surface area contributed by atoms with Crippen LogP contribution >= 0.6 is 44.1 Å². The van der Waals surface area contributed by atoms with Crippen molar-refractivity contribution < 1.29 is 14.6 Å². The van der Waals surface area contributed by atoms with Crippen LogP contribution in [0.4, 0.5) is 5.69 Å². The van der Waals surface area contributed by atoms with E-state index in [1.165, 1.54) is 7.11 Å². The monoisotopic (exact) mass is 508 g/mol. The molecule has 0 aliphatic carbocycles. The molecule has 0 radical (unpaired) electrons. The molecule has 0 atom stereocenters. The van der Waals surface area contributed by atoms with E-state index in [0.29, 0.717) is 25.9 Å². The van der Waals surface area contributed by atoms with Gasteiger partial charge in [0.25, 0.3) is 5.91 Å². The van der Waals surface area contributed by atoms with Crippen molar-refractivity contribution in [1.29, 1.82) is 0 Å². The van der Waals surface area contributed by atoms with Crippen LogP contribution in [0.25, 0.3) is 10.8 Å². The number of rotatable bonds is 3. The predicted molar refractivity (Wildman–Crippen MR) is 118 cm³/mol. The van der Waals surface area contributed by atoms with Crippen LogP contribution in [0.5, 0.6) is 11.5 Å². The largest absolute Gasteiger partial charge is 0.506 e. The Balaban J connectivity index is 1.85. The summed E-state index contributed by atoms with van der Waals surface area (Å²) in [5.74, 6) is -0.00864. The summed E-state index contributed by atoms with van der Waals surface area (Å²) in [5, 5.41) is 17.5. The van der Waals surface area contributed by atoms with Gasteiger partial charge in [0, 0.05) is 9.86 Å². The van der Waals surface area contributed by atoms with Crippen molar-refractivity contribution in [3.63, 3.8) is 0 Å². The van der Waals surface area contributed by atoms with E-state index in [0.717, 1.165) is 10.8 Å². The number of fused-ring (bicyclic) bond motifs is 1. The number of hydrogen-bond donors (Lipinski definition) is 3. The zero-order valence-corrected chi connectivity index (χ0v) is 18.0. The van der Waals surface area contributed by atoms with Crippen LogP contribution in [0, 0.1) is 0 Å². The number of methoxy groups -OCH3 is 1. The fourth-order valence-corrected chi connectivity index (χ4v) is 4.22. The molecule has 0 heterocycles. The third-order valence-electron chi connectivity index (χ3n) is 3.83. The van der Waals surface area contributed by atoms with Gasteiger partial charge in [-0.25, -0.2) is 0 Å². The second-order valence-corrected chi connectivity index (χ2v) is 7.74. The van der Waals surface area contributed by atoms with Gasteiger partial charge in [0.2, 0.25) is 0 Å². The van der Waals surface area contributed by atoms with E-state index in [9.17, 15) is 9.90 Å². The molecule has 8 heteroatoms.